The molecule has 1 fully saturated rings. The van der Waals surface area contributed by atoms with E-state index in [0.29, 0.717) is 0 Å². The zero-order valence-corrected chi connectivity index (χ0v) is 9.74. The molecule has 1 heterocycles. The molecule has 98 valence electrons. The minimum absolute atomic E-state index is 0.0429. The van der Waals surface area contributed by atoms with Gasteiger partial charge in [-0.3, -0.25) is 4.79 Å². The molecule has 0 radical (unpaired) electrons. The van der Waals surface area contributed by atoms with Crippen molar-refractivity contribution in [3.63, 3.8) is 0 Å². The Morgan fingerprint density at radius 1 is 1.35 bits per heavy atom. The summed E-state index contributed by atoms with van der Waals surface area (Å²) in [5.74, 6) is -0.211. The van der Waals surface area contributed by atoms with Gasteiger partial charge in [0, 0.05) is 0 Å². The van der Waals surface area contributed by atoms with E-state index in [1.54, 1.807) is 0 Å². The highest BCUT2D eigenvalue weighted by molar-refractivity contribution is 5.77. The van der Waals surface area contributed by atoms with Crippen LogP contribution in [0.1, 0.15) is 12.8 Å². The number of hydrogen-bond donors (Lipinski definition) is 3. The number of nitrogens with two attached hydrogens (primary N) is 1. The Bertz CT molecular complexity index is 254. The summed E-state index contributed by atoms with van der Waals surface area (Å²) in [6.45, 7) is 2.23. The van der Waals surface area contributed by atoms with Gasteiger partial charge >= 0.3 is 6.09 Å². The molecule has 1 saturated heterocycles. The van der Waals surface area contributed by atoms with Crippen molar-refractivity contribution in [2.75, 3.05) is 32.8 Å². The topological polar surface area (TPSA) is 103 Å². The molecule has 17 heavy (non-hydrogen) atoms. The number of carbonyl (C=O) groups is 2. The fourth-order valence-corrected chi connectivity index (χ4v) is 1.55. The second-order valence-electron chi connectivity index (χ2n) is 3.78. The van der Waals surface area contributed by atoms with E-state index >= 15 is 0 Å². The first-order valence-electron chi connectivity index (χ1n) is 5.69. The minimum atomic E-state index is -0.842. The Hall–Kier alpha value is -1.34. The van der Waals surface area contributed by atoms with Crippen molar-refractivity contribution in [3.05, 3.63) is 0 Å². The van der Waals surface area contributed by atoms with Gasteiger partial charge in [0.1, 0.15) is 13.2 Å². The summed E-state index contributed by atoms with van der Waals surface area (Å²) in [4.78, 5) is 21.5. The molecule has 0 aromatic carbocycles. The molecule has 1 aliphatic rings. The van der Waals surface area contributed by atoms with Crippen LogP contribution < -0.4 is 16.4 Å². The van der Waals surface area contributed by atoms with E-state index in [2.05, 4.69) is 15.4 Å². The number of ether oxygens (including phenoxy) is 2. The van der Waals surface area contributed by atoms with Gasteiger partial charge in [-0.1, -0.05) is 0 Å². The lowest BCUT2D eigenvalue weighted by atomic mass is 10.1. The maximum Gasteiger partial charge on any atom is 0.404 e. The maximum absolute atomic E-state index is 11.3. The SMILES string of the molecule is NC(=O)OCCNC(=O)COC1CCNCC1. The van der Waals surface area contributed by atoms with Gasteiger partial charge in [0.15, 0.2) is 0 Å². The average Bonchev–Trinajstić information content (AvgIpc) is 2.33. The Morgan fingerprint density at radius 3 is 2.71 bits per heavy atom. The zero-order valence-electron chi connectivity index (χ0n) is 9.74. The van der Waals surface area contributed by atoms with Gasteiger partial charge in [-0.25, -0.2) is 4.79 Å². The smallest absolute Gasteiger partial charge is 0.404 e. The zero-order chi connectivity index (χ0) is 12.5. The number of hydrogen-bond acceptors (Lipinski definition) is 5. The van der Waals surface area contributed by atoms with E-state index in [1.807, 2.05) is 0 Å². The van der Waals surface area contributed by atoms with Gasteiger partial charge in [-0.2, -0.15) is 0 Å². The van der Waals surface area contributed by atoms with Crippen LogP contribution in [-0.2, 0) is 14.3 Å². The van der Waals surface area contributed by atoms with Gasteiger partial charge in [-0.05, 0) is 25.9 Å². The molecular weight excluding hydrogens is 226 g/mol. The molecule has 0 aromatic heterocycles. The third-order valence-corrected chi connectivity index (χ3v) is 2.40. The number of nitrogens with one attached hydrogen (secondary N) is 2. The monoisotopic (exact) mass is 245 g/mol. The predicted octanol–water partition coefficient (Wildman–Crippen LogP) is -1.03. The van der Waals surface area contributed by atoms with E-state index < -0.39 is 6.09 Å². The lowest BCUT2D eigenvalue weighted by Crippen LogP contribution is -2.36. The standard InChI is InChI=1S/C10H19N3O4/c11-10(15)16-6-5-13-9(14)7-17-8-1-3-12-4-2-8/h8,12H,1-7H2,(H2,11,15)(H,13,14). The summed E-state index contributed by atoms with van der Waals surface area (Å²) in [7, 11) is 0. The quantitative estimate of drug-likeness (QED) is 0.519. The Balaban J connectivity index is 1.98. The molecule has 0 unspecified atom stereocenters. The lowest BCUT2D eigenvalue weighted by Gasteiger charge is -2.22. The van der Waals surface area contributed by atoms with Gasteiger partial charge < -0.3 is 25.8 Å². The van der Waals surface area contributed by atoms with Crippen molar-refractivity contribution >= 4 is 12.0 Å². The van der Waals surface area contributed by atoms with E-state index in [1.165, 1.54) is 0 Å². The van der Waals surface area contributed by atoms with E-state index in [9.17, 15) is 9.59 Å². The van der Waals surface area contributed by atoms with Crippen molar-refractivity contribution in [1.82, 2.24) is 10.6 Å². The maximum atomic E-state index is 11.3. The van der Waals surface area contributed by atoms with Crippen LogP contribution in [0.25, 0.3) is 0 Å². The van der Waals surface area contributed by atoms with Gasteiger partial charge in [0.25, 0.3) is 0 Å². The molecule has 4 N–H and O–H groups in total. The molecule has 1 rings (SSSR count). The summed E-state index contributed by atoms with van der Waals surface area (Å²) >= 11 is 0. The first-order valence-corrected chi connectivity index (χ1v) is 5.69. The molecule has 0 bridgehead atoms. The number of amides is 2. The number of carbonyl (C=O) groups excluding carboxylic acids is 2. The van der Waals surface area contributed by atoms with Crippen LogP contribution in [0.2, 0.25) is 0 Å². The van der Waals surface area contributed by atoms with E-state index in [4.69, 9.17) is 10.5 Å². The third kappa shape index (κ3) is 6.75. The van der Waals surface area contributed by atoms with E-state index in [0.717, 1.165) is 25.9 Å². The molecule has 0 aromatic rings. The Morgan fingerprint density at radius 2 is 2.06 bits per heavy atom. The van der Waals surface area contributed by atoms with Gasteiger partial charge in [0.2, 0.25) is 5.91 Å². The predicted molar refractivity (Wildman–Crippen MR) is 60.4 cm³/mol. The van der Waals surface area contributed by atoms with Crippen LogP contribution in [0.15, 0.2) is 0 Å². The summed E-state index contributed by atoms with van der Waals surface area (Å²) < 4.78 is 9.90. The molecule has 1 aliphatic heterocycles. The van der Waals surface area contributed by atoms with Crippen LogP contribution in [0.3, 0.4) is 0 Å². The second-order valence-corrected chi connectivity index (χ2v) is 3.78. The van der Waals surface area contributed by atoms with Crippen molar-refractivity contribution in [2.45, 2.75) is 18.9 Å². The Labute approximate surface area is 100 Å². The minimum Gasteiger partial charge on any atom is -0.448 e. The van der Waals surface area contributed by atoms with Gasteiger partial charge in [0.05, 0.1) is 12.6 Å². The third-order valence-electron chi connectivity index (χ3n) is 2.40. The highest BCUT2D eigenvalue weighted by atomic mass is 16.5. The molecule has 2 amide bonds. The van der Waals surface area contributed by atoms with E-state index in [-0.39, 0.29) is 31.8 Å². The molecule has 0 saturated carbocycles. The molecular formula is C10H19N3O4. The summed E-state index contributed by atoms with van der Waals surface area (Å²) in [6.07, 6.45) is 1.17. The molecule has 7 nitrogen and oxygen atoms in total. The normalized spacial score (nSPS) is 16.5. The van der Waals surface area contributed by atoms with Gasteiger partial charge in [-0.15, -0.1) is 0 Å². The van der Waals surface area contributed by atoms with Crippen LogP contribution in [0.4, 0.5) is 4.79 Å². The van der Waals surface area contributed by atoms with Crippen LogP contribution in [-0.4, -0.2) is 51.0 Å². The van der Waals surface area contributed by atoms with Crippen LogP contribution in [0, 0.1) is 0 Å². The van der Waals surface area contributed by atoms with Crippen LogP contribution >= 0.6 is 0 Å². The highest BCUT2D eigenvalue weighted by Crippen LogP contribution is 2.06. The second kappa shape index (κ2) is 7.86. The molecule has 7 heteroatoms. The Kier molecular flexibility index (Phi) is 6.34. The number of primary amides is 1. The fraction of sp³-hybridized carbons (Fsp3) is 0.800. The van der Waals surface area contributed by atoms with Crippen LogP contribution in [0.5, 0.6) is 0 Å². The first-order chi connectivity index (χ1) is 8.18. The summed E-state index contributed by atoms with van der Waals surface area (Å²) in [5.41, 5.74) is 4.76. The van der Waals surface area contributed by atoms with Crippen molar-refractivity contribution in [1.29, 1.82) is 0 Å². The molecule has 0 aliphatic carbocycles. The van der Waals surface area contributed by atoms with Crippen molar-refractivity contribution in [3.8, 4) is 0 Å². The summed E-state index contributed by atoms with van der Waals surface area (Å²) in [5, 5.41) is 5.78. The first kappa shape index (κ1) is 13.7. The highest BCUT2D eigenvalue weighted by Gasteiger charge is 2.14. The molecule has 0 atom stereocenters. The average molecular weight is 245 g/mol. The summed E-state index contributed by atoms with van der Waals surface area (Å²) in [6, 6.07) is 0. The van der Waals surface area contributed by atoms with Crippen molar-refractivity contribution in [2.24, 2.45) is 5.73 Å². The number of piperidine rings is 1. The molecule has 0 spiro atoms. The largest absolute Gasteiger partial charge is 0.448 e. The lowest BCUT2D eigenvalue weighted by molar-refractivity contribution is -0.128. The van der Waals surface area contributed by atoms with Crippen molar-refractivity contribution < 1.29 is 19.1 Å². The fourth-order valence-electron chi connectivity index (χ4n) is 1.55. The number of rotatable bonds is 6.